The van der Waals surface area contributed by atoms with Crippen LogP contribution in [0.3, 0.4) is 0 Å². The summed E-state index contributed by atoms with van der Waals surface area (Å²) in [5.74, 6) is 3.02. The fourth-order valence-corrected chi connectivity index (χ4v) is 4.63. The number of carbonyl (C=O) groups excluding carboxylic acids is 1. The lowest BCUT2D eigenvalue weighted by atomic mass is 10.0. The Labute approximate surface area is 182 Å². The lowest BCUT2D eigenvalue weighted by Crippen LogP contribution is -2.29. The second kappa shape index (κ2) is 8.30. The van der Waals surface area contributed by atoms with E-state index >= 15 is 0 Å². The van der Waals surface area contributed by atoms with E-state index in [1.807, 2.05) is 24.4 Å². The molecule has 2 saturated heterocycles. The second-order valence-corrected chi connectivity index (χ2v) is 8.25. The van der Waals surface area contributed by atoms with Crippen molar-refractivity contribution in [1.82, 2.24) is 4.98 Å². The van der Waals surface area contributed by atoms with Gasteiger partial charge in [0.05, 0.1) is 7.11 Å². The van der Waals surface area contributed by atoms with Crippen molar-refractivity contribution in [3.05, 3.63) is 78.5 Å². The van der Waals surface area contributed by atoms with Crippen molar-refractivity contribution in [1.29, 1.82) is 0 Å². The predicted molar refractivity (Wildman–Crippen MR) is 123 cm³/mol. The molecule has 3 heterocycles. The number of rotatable bonds is 5. The number of hydrogen-bond donors (Lipinski definition) is 1. The third-order valence-electron chi connectivity index (χ3n) is 6.30. The van der Waals surface area contributed by atoms with Crippen molar-refractivity contribution in [2.75, 3.05) is 48.4 Å². The molecule has 2 aromatic carbocycles. The van der Waals surface area contributed by atoms with Crippen LogP contribution in [-0.2, 0) is 0 Å². The van der Waals surface area contributed by atoms with Crippen molar-refractivity contribution in [3.63, 3.8) is 0 Å². The molecular weight excluding hydrogens is 388 g/mol. The number of methoxy groups -OCH3 is 1. The van der Waals surface area contributed by atoms with Gasteiger partial charge in [0.2, 0.25) is 0 Å². The van der Waals surface area contributed by atoms with E-state index in [4.69, 9.17) is 4.74 Å². The largest absolute Gasteiger partial charge is 0.497 e. The summed E-state index contributed by atoms with van der Waals surface area (Å²) in [4.78, 5) is 21.8. The number of carbonyl (C=O) groups is 1. The third kappa shape index (κ3) is 4.06. The number of fused-ring (bicyclic) bond motifs is 1. The SMILES string of the molecule is COc1ccc(C(=O)Nc2ccc(N3C[C@@H]4CN(c5ccccn5)C[C@H]4C3)cc2)cc1. The van der Waals surface area contributed by atoms with Gasteiger partial charge in [-0.15, -0.1) is 0 Å². The zero-order valence-electron chi connectivity index (χ0n) is 17.6. The molecule has 6 nitrogen and oxygen atoms in total. The fraction of sp³-hybridized carbons (Fsp3) is 0.280. The van der Waals surface area contributed by atoms with Crippen molar-refractivity contribution in [3.8, 4) is 5.75 Å². The van der Waals surface area contributed by atoms with Gasteiger partial charge in [-0.05, 0) is 60.7 Å². The van der Waals surface area contributed by atoms with E-state index in [-0.39, 0.29) is 5.91 Å². The molecule has 1 aromatic heterocycles. The second-order valence-electron chi connectivity index (χ2n) is 8.25. The lowest BCUT2D eigenvalue weighted by Gasteiger charge is -2.24. The Morgan fingerprint density at radius 1 is 0.903 bits per heavy atom. The molecule has 0 bridgehead atoms. The summed E-state index contributed by atoms with van der Waals surface area (Å²) in [6, 6.07) is 21.4. The normalized spacial score (nSPS) is 19.9. The maximum atomic E-state index is 12.5. The summed E-state index contributed by atoms with van der Waals surface area (Å²) in [7, 11) is 1.61. The van der Waals surface area contributed by atoms with Crippen LogP contribution in [0.15, 0.2) is 72.9 Å². The van der Waals surface area contributed by atoms with Crippen molar-refractivity contribution >= 4 is 23.1 Å². The Morgan fingerprint density at radius 2 is 1.58 bits per heavy atom. The maximum absolute atomic E-state index is 12.5. The van der Waals surface area contributed by atoms with Gasteiger partial charge in [0.1, 0.15) is 11.6 Å². The number of hydrogen-bond acceptors (Lipinski definition) is 5. The number of benzene rings is 2. The van der Waals surface area contributed by atoms with Crippen LogP contribution in [-0.4, -0.2) is 44.2 Å². The number of amides is 1. The Hall–Kier alpha value is -3.54. The molecule has 0 radical (unpaired) electrons. The summed E-state index contributed by atoms with van der Waals surface area (Å²) < 4.78 is 5.14. The van der Waals surface area contributed by atoms with Gasteiger partial charge in [0.15, 0.2) is 0 Å². The van der Waals surface area contributed by atoms with Crippen LogP contribution >= 0.6 is 0 Å². The highest BCUT2D eigenvalue weighted by molar-refractivity contribution is 6.04. The molecule has 5 rings (SSSR count). The minimum Gasteiger partial charge on any atom is -0.497 e. The van der Waals surface area contributed by atoms with Crippen LogP contribution in [0.25, 0.3) is 0 Å². The summed E-state index contributed by atoms with van der Waals surface area (Å²) in [5, 5.41) is 2.97. The molecule has 2 atom stereocenters. The van der Waals surface area contributed by atoms with Crippen LogP contribution in [0.2, 0.25) is 0 Å². The predicted octanol–water partition coefficient (Wildman–Crippen LogP) is 3.92. The fourth-order valence-electron chi connectivity index (χ4n) is 4.63. The zero-order valence-corrected chi connectivity index (χ0v) is 17.6. The zero-order chi connectivity index (χ0) is 21.2. The Bertz CT molecular complexity index is 1020. The summed E-state index contributed by atoms with van der Waals surface area (Å²) in [6.45, 7) is 4.25. The van der Waals surface area contributed by atoms with Crippen LogP contribution in [0, 0.1) is 11.8 Å². The molecule has 0 aliphatic carbocycles. The lowest BCUT2D eigenvalue weighted by molar-refractivity contribution is 0.102. The van der Waals surface area contributed by atoms with E-state index < -0.39 is 0 Å². The van der Waals surface area contributed by atoms with Crippen molar-refractivity contribution in [2.24, 2.45) is 11.8 Å². The quantitative estimate of drug-likeness (QED) is 0.686. The van der Waals surface area contributed by atoms with E-state index in [2.05, 4.69) is 44.4 Å². The van der Waals surface area contributed by atoms with Crippen LogP contribution in [0.4, 0.5) is 17.2 Å². The molecule has 1 amide bonds. The van der Waals surface area contributed by atoms with Gasteiger partial charge in [0.25, 0.3) is 5.91 Å². The number of pyridine rings is 1. The standard InChI is InChI=1S/C25H26N4O2/c1-31-23-11-5-18(6-12-23)25(30)27-21-7-9-22(10-8-21)28-14-19-16-29(17-20(19)15-28)24-4-2-3-13-26-24/h2-13,19-20H,14-17H2,1H3,(H,27,30)/t19-,20-/m1/s1. The third-order valence-corrected chi connectivity index (χ3v) is 6.30. The van der Waals surface area contributed by atoms with Gasteiger partial charge in [0, 0.05) is 61.1 Å². The molecule has 31 heavy (non-hydrogen) atoms. The number of nitrogens with one attached hydrogen (secondary N) is 1. The van der Waals surface area contributed by atoms with Gasteiger partial charge in [-0.2, -0.15) is 0 Å². The number of nitrogens with zero attached hydrogens (tertiary/aromatic N) is 3. The summed E-state index contributed by atoms with van der Waals surface area (Å²) >= 11 is 0. The monoisotopic (exact) mass is 414 g/mol. The molecule has 0 unspecified atom stereocenters. The van der Waals surface area contributed by atoms with E-state index in [0.717, 1.165) is 43.4 Å². The van der Waals surface area contributed by atoms with E-state index in [0.29, 0.717) is 17.4 Å². The molecule has 3 aromatic rings. The van der Waals surface area contributed by atoms with Gasteiger partial charge in [-0.3, -0.25) is 4.79 Å². The highest BCUT2D eigenvalue weighted by atomic mass is 16.5. The molecular formula is C25H26N4O2. The molecule has 158 valence electrons. The smallest absolute Gasteiger partial charge is 0.255 e. The van der Waals surface area contributed by atoms with Crippen molar-refractivity contribution in [2.45, 2.75) is 0 Å². The minimum atomic E-state index is -0.124. The van der Waals surface area contributed by atoms with Gasteiger partial charge >= 0.3 is 0 Å². The minimum absolute atomic E-state index is 0.124. The Balaban J connectivity index is 1.18. The Kier molecular flexibility index (Phi) is 5.20. The summed E-state index contributed by atoms with van der Waals surface area (Å²) in [5.41, 5.74) is 2.61. The van der Waals surface area contributed by atoms with E-state index in [1.54, 1.807) is 31.4 Å². The van der Waals surface area contributed by atoms with Crippen LogP contribution in [0.5, 0.6) is 5.75 Å². The van der Waals surface area contributed by atoms with Gasteiger partial charge in [-0.25, -0.2) is 4.98 Å². The first-order valence-electron chi connectivity index (χ1n) is 10.7. The molecule has 2 aliphatic rings. The van der Waals surface area contributed by atoms with Gasteiger partial charge < -0.3 is 19.9 Å². The number of anilines is 3. The Morgan fingerprint density at radius 3 is 2.19 bits per heavy atom. The molecule has 0 saturated carbocycles. The number of aromatic nitrogens is 1. The highest BCUT2D eigenvalue weighted by Crippen LogP contribution is 2.35. The first-order chi connectivity index (χ1) is 15.2. The highest BCUT2D eigenvalue weighted by Gasteiger charge is 2.40. The molecule has 1 N–H and O–H groups in total. The topological polar surface area (TPSA) is 57.7 Å². The molecule has 2 aliphatic heterocycles. The average molecular weight is 415 g/mol. The van der Waals surface area contributed by atoms with E-state index in [1.165, 1.54) is 5.69 Å². The maximum Gasteiger partial charge on any atom is 0.255 e. The summed E-state index contributed by atoms with van der Waals surface area (Å²) in [6.07, 6.45) is 1.87. The van der Waals surface area contributed by atoms with Crippen LogP contribution in [0.1, 0.15) is 10.4 Å². The number of ether oxygens (including phenoxy) is 1. The molecule has 6 heteroatoms. The molecule has 0 spiro atoms. The van der Waals surface area contributed by atoms with Crippen molar-refractivity contribution < 1.29 is 9.53 Å². The van der Waals surface area contributed by atoms with Crippen LogP contribution < -0.4 is 19.9 Å². The van der Waals surface area contributed by atoms with E-state index in [9.17, 15) is 4.79 Å². The van der Waals surface area contributed by atoms with Gasteiger partial charge in [-0.1, -0.05) is 6.07 Å². The first-order valence-corrected chi connectivity index (χ1v) is 10.7. The average Bonchev–Trinajstić information content (AvgIpc) is 3.40. The molecule has 2 fully saturated rings. The first kappa shape index (κ1) is 19.4.